The number of aromatic nitrogens is 2. The fourth-order valence-corrected chi connectivity index (χ4v) is 3.32. The lowest BCUT2D eigenvalue weighted by Gasteiger charge is -2.29. The molecule has 0 aliphatic carbocycles. The fourth-order valence-electron chi connectivity index (χ4n) is 2.62. The first-order chi connectivity index (χ1) is 14.1. The Labute approximate surface area is 177 Å². The Hall–Kier alpha value is -3.21. The monoisotopic (exact) mass is 433 g/mol. The van der Waals surface area contributed by atoms with Gasteiger partial charge in [0.15, 0.2) is 6.61 Å². The lowest BCUT2D eigenvalue weighted by molar-refractivity contribution is -0.123. The summed E-state index contributed by atoms with van der Waals surface area (Å²) in [7, 11) is 0. The van der Waals surface area contributed by atoms with Crippen molar-refractivity contribution in [3.63, 3.8) is 0 Å². The molecule has 2 N–H and O–H groups in total. The molecule has 2 heterocycles. The van der Waals surface area contributed by atoms with Gasteiger partial charge >= 0.3 is 6.09 Å². The lowest BCUT2D eigenvalue weighted by Crippen LogP contribution is -2.43. The second-order valence-corrected chi connectivity index (χ2v) is 8.54. The predicted molar refractivity (Wildman–Crippen MR) is 112 cm³/mol. The van der Waals surface area contributed by atoms with Gasteiger partial charge in [-0.25, -0.2) is 4.79 Å². The maximum atomic E-state index is 12.5. The van der Waals surface area contributed by atoms with Gasteiger partial charge in [-0.2, -0.15) is 0 Å². The Balaban J connectivity index is 1.74. The molecule has 0 unspecified atom stereocenters. The third kappa shape index (κ3) is 5.44. The number of benzene rings is 1. The van der Waals surface area contributed by atoms with Crippen LogP contribution in [0, 0.1) is 0 Å². The van der Waals surface area contributed by atoms with Crippen molar-refractivity contribution >= 4 is 45.8 Å². The predicted octanol–water partition coefficient (Wildman–Crippen LogP) is 2.81. The van der Waals surface area contributed by atoms with Gasteiger partial charge in [-0.3, -0.25) is 25.1 Å². The minimum absolute atomic E-state index is 0.183. The normalized spacial score (nSPS) is 13.3. The number of aryl methyl sites for hydroxylation is 1. The third-order valence-electron chi connectivity index (χ3n) is 3.86. The van der Waals surface area contributed by atoms with E-state index in [9.17, 15) is 14.4 Å². The van der Waals surface area contributed by atoms with E-state index in [0.717, 1.165) is 11.4 Å². The molecule has 30 heavy (non-hydrogen) atoms. The summed E-state index contributed by atoms with van der Waals surface area (Å²) in [6.45, 7) is 6.80. The molecule has 1 aliphatic heterocycles. The van der Waals surface area contributed by atoms with Gasteiger partial charge in [0.25, 0.3) is 5.91 Å². The number of carbonyl (C=O) groups is 3. The van der Waals surface area contributed by atoms with E-state index in [4.69, 9.17) is 9.47 Å². The van der Waals surface area contributed by atoms with Crippen molar-refractivity contribution in [3.8, 4) is 5.75 Å². The molecule has 160 valence electrons. The van der Waals surface area contributed by atoms with Crippen LogP contribution in [0.5, 0.6) is 5.75 Å². The highest BCUT2D eigenvalue weighted by molar-refractivity contribution is 7.15. The second kappa shape index (κ2) is 8.66. The van der Waals surface area contributed by atoms with E-state index in [0.29, 0.717) is 22.3 Å². The van der Waals surface area contributed by atoms with Crippen LogP contribution < -0.4 is 20.3 Å². The molecule has 3 rings (SSSR count). The van der Waals surface area contributed by atoms with Crippen molar-refractivity contribution in [1.82, 2.24) is 10.2 Å². The summed E-state index contributed by atoms with van der Waals surface area (Å²) in [5, 5.41) is 14.3. The van der Waals surface area contributed by atoms with E-state index < -0.39 is 17.6 Å². The minimum atomic E-state index is -0.649. The number of anilines is 3. The van der Waals surface area contributed by atoms with Gasteiger partial charge in [-0.05, 0) is 45.4 Å². The van der Waals surface area contributed by atoms with E-state index in [1.165, 1.54) is 16.2 Å². The summed E-state index contributed by atoms with van der Waals surface area (Å²) < 4.78 is 10.7. The van der Waals surface area contributed by atoms with Crippen LogP contribution in [0.2, 0.25) is 0 Å². The van der Waals surface area contributed by atoms with E-state index in [2.05, 4.69) is 20.8 Å². The van der Waals surface area contributed by atoms with Crippen LogP contribution in [0.1, 0.15) is 32.7 Å². The lowest BCUT2D eigenvalue weighted by atomic mass is 10.2. The molecule has 1 aliphatic rings. The SMILES string of the molecule is CCc1nnc(NC(=O)CN2C(=O)COc3ccc(NC(=O)OC(C)(C)C)cc32)s1. The molecule has 1 aromatic heterocycles. The van der Waals surface area contributed by atoms with Gasteiger partial charge in [0.2, 0.25) is 11.0 Å². The van der Waals surface area contributed by atoms with E-state index in [-0.39, 0.29) is 19.1 Å². The number of amides is 3. The van der Waals surface area contributed by atoms with Crippen LogP contribution >= 0.6 is 11.3 Å². The summed E-state index contributed by atoms with van der Waals surface area (Å²) in [4.78, 5) is 38.2. The Morgan fingerprint density at radius 3 is 2.70 bits per heavy atom. The number of hydrogen-bond donors (Lipinski definition) is 2. The Kier molecular flexibility index (Phi) is 6.20. The maximum absolute atomic E-state index is 12.5. The van der Waals surface area contributed by atoms with Crippen molar-refractivity contribution < 1.29 is 23.9 Å². The van der Waals surface area contributed by atoms with E-state index in [1.54, 1.807) is 39.0 Å². The average molecular weight is 433 g/mol. The molecule has 1 aromatic carbocycles. The molecule has 0 bridgehead atoms. The molecular weight excluding hydrogens is 410 g/mol. The van der Waals surface area contributed by atoms with Gasteiger partial charge in [0.1, 0.15) is 22.9 Å². The quantitative estimate of drug-likeness (QED) is 0.743. The van der Waals surface area contributed by atoms with Crippen molar-refractivity contribution in [2.75, 3.05) is 28.7 Å². The number of nitrogens with zero attached hydrogens (tertiary/aromatic N) is 3. The van der Waals surface area contributed by atoms with E-state index in [1.807, 2.05) is 6.92 Å². The van der Waals surface area contributed by atoms with E-state index >= 15 is 0 Å². The summed E-state index contributed by atoms with van der Waals surface area (Å²) >= 11 is 1.28. The van der Waals surface area contributed by atoms with Crippen LogP contribution in [0.4, 0.5) is 21.3 Å². The summed E-state index contributed by atoms with van der Waals surface area (Å²) in [5.74, 6) is -0.361. The molecule has 0 radical (unpaired) electrons. The number of hydrogen-bond acceptors (Lipinski definition) is 8. The number of ether oxygens (including phenoxy) is 2. The third-order valence-corrected chi connectivity index (χ3v) is 4.85. The maximum Gasteiger partial charge on any atom is 0.412 e. The molecule has 0 saturated heterocycles. The largest absolute Gasteiger partial charge is 0.482 e. The molecule has 3 amide bonds. The first kappa shape index (κ1) is 21.5. The Morgan fingerprint density at radius 2 is 2.03 bits per heavy atom. The van der Waals surface area contributed by atoms with Gasteiger partial charge in [-0.1, -0.05) is 18.3 Å². The molecule has 0 saturated carbocycles. The minimum Gasteiger partial charge on any atom is -0.482 e. The van der Waals surface area contributed by atoms with Crippen molar-refractivity contribution in [2.24, 2.45) is 0 Å². The highest BCUT2D eigenvalue weighted by Crippen LogP contribution is 2.34. The highest BCUT2D eigenvalue weighted by atomic mass is 32.1. The molecule has 11 heteroatoms. The zero-order valence-electron chi connectivity index (χ0n) is 17.1. The number of carbonyl (C=O) groups excluding carboxylic acids is 3. The van der Waals surface area contributed by atoms with Crippen molar-refractivity contribution in [1.29, 1.82) is 0 Å². The molecule has 0 atom stereocenters. The summed E-state index contributed by atoms with van der Waals surface area (Å²) in [5.41, 5.74) is 0.133. The average Bonchev–Trinajstić information content (AvgIpc) is 3.10. The number of nitrogens with one attached hydrogen (secondary N) is 2. The molecule has 0 fully saturated rings. The topological polar surface area (TPSA) is 123 Å². The smallest absolute Gasteiger partial charge is 0.412 e. The fraction of sp³-hybridized carbons (Fsp3) is 0.421. The molecular formula is C19H23N5O5S. The van der Waals surface area contributed by atoms with Crippen LogP contribution in [0.15, 0.2) is 18.2 Å². The van der Waals surface area contributed by atoms with Crippen molar-refractivity contribution in [3.05, 3.63) is 23.2 Å². The zero-order chi connectivity index (χ0) is 21.9. The highest BCUT2D eigenvalue weighted by Gasteiger charge is 2.28. The van der Waals surface area contributed by atoms with Crippen LogP contribution in [-0.2, 0) is 20.7 Å². The number of fused-ring (bicyclic) bond motifs is 1. The first-order valence-corrected chi connectivity index (χ1v) is 10.2. The standard InChI is InChI=1S/C19H23N5O5S/c1-5-15-22-23-17(30-15)21-14(25)9-24-12-8-11(20-18(27)29-19(2,3)4)6-7-13(12)28-10-16(24)26/h6-8H,5,9-10H2,1-4H3,(H,20,27)(H,21,23,25). The molecule has 0 spiro atoms. The molecule has 10 nitrogen and oxygen atoms in total. The Bertz CT molecular complexity index is 968. The number of rotatable bonds is 5. The summed E-state index contributed by atoms with van der Waals surface area (Å²) in [6.07, 6.45) is 0.0915. The van der Waals surface area contributed by atoms with Gasteiger partial charge in [-0.15, -0.1) is 10.2 Å². The van der Waals surface area contributed by atoms with Crippen LogP contribution in [0.3, 0.4) is 0 Å². The van der Waals surface area contributed by atoms with Gasteiger partial charge in [0, 0.05) is 5.69 Å². The van der Waals surface area contributed by atoms with Crippen LogP contribution in [-0.4, -0.2) is 46.9 Å². The molecule has 2 aromatic rings. The van der Waals surface area contributed by atoms with Gasteiger partial charge < -0.3 is 9.47 Å². The zero-order valence-corrected chi connectivity index (χ0v) is 18.0. The van der Waals surface area contributed by atoms with Crippen LogP contribution in [0.25, 0.3) is 0 Å². The summed E-state index contributed by atoms with van der Waals surface area (Å²) in [6, 6.07) is 4.81. The van der Waals surface area contributed by atoms with Crippen molar-refractivity contribution in [2.45, 2.75) is 39.7 Å². The second-order valence-electron chi connectivity index (χ2n) is 7.48. The first-order valence-electron chi connectivity index (χ1n) is 9.34. The van der Waals surface area contributed by atoms with Gasteiger partial charge in [0.05, 0.1) is 5.69 Å². The Morgan fingerprint density at radius 1 is 1.27 bits per heavy atom.